The van der Waals surface area contributed by atoms with Crippen LogP contribution >= 0.6 is 24.0 Å². The van der Waals surface area contributed by atoms with Gasteiger partial charge in [-0.1, -0.05) is 12.1 Å². The summed E-state index contributed by atoms with van der Waals surface area (Å²) in [5.41, 5.74) is -4.03. The minimum absolute atomic E-state index is 0. The Morgan fingerprint density at radius 2 is 1.89 bits per heavy atom. The predicted molar refractivity (Wildman–Crippen MR) is 109 cm³/mol. The molecule has 0 saturated carbocycles. The molecule has 0 radical (unpaired) electrons. The highest BCUT2D eigenvalue weighted by molar-refractivity contribution is 14.0. The normalized spacial score (nSPS) is 17.1. The van der Waals surface area contributed by atoms with E-state index >= 15 is 0 Å². The molecule has 0 aliphatic carbocycles. The number of sulfonamides is 1. The fraction of sp³-hybridized carbons (Fsp3) is 0.562. The molecule has 2 rings (SSSR count). The zero-order chi connectivity index (χ0) is 20.2. The van der Waals surface area contributed by atoms with Crippen molar-refractivity contribution in [3.05, 3.63) is 35.1 Å². The molecule has 0 bridgehead atoms. The molecule has 1 fully saturated rings. The maximum absolute atomic E-state index is 13.6. The molecule has 0 aromatic heterocycles. The lowest BCUT2D eigenvalue weighted by Gasteiger charge is -2.32. The fourth-order valence-corrected chi connectivity index (χ4v) is 3.69. The molecule has 1 aliphatic heterocycles. The minimum Gasteiger partial charge on any atom is -0.354 e. The summed E-state index contributed by atoms with van der Waals surface area (Å²) in [4.78, 5) is 4.03. The first-order valence-corrected chi connectivity index (χ1v) is 9.77. The van der Waals surface area contributed by atoms with E-state index in [1.807, 2.05) is 0 Å². The van der Waals surface area contributed by atoms with Gasteiger partial charge in [0.2, 0.25) is 0 Å². The molecule has 6 nitrogen and oxygen atoms in total. The van der Waals surface area contributed by atoms with Crippen LogP contribution in [0.25, 0.3) is 0 Å². The highest BCUT2D eigenvalue weighted by Gasteiger charge is 2.50. The quantitative estimate of drug-likeness (QED) is 0.268. The van der Waals surface area contributed by atoms with Crippen LogP contribution in [0.4, 0.5) is 17.6 Å². The molecule has 1 heterocycles. The molecule has 0 spiro atoms. The van der Waals surface area contributed by atoms with Crippen LogP contribution in [0.3, 0.4) is 0 Å². The lowest BCUT2D eigenvalue weighted by atomic mass is 10.1. The second-order valence-corrected chi connectivity index (χ2v) is 8.21. The Morgan fingerprint density at radius 1 is 1.29 bits per heavy atom. The van der Waals surface area contributed by atoms with E-state index in [9.17, 15) is 26.0 Å². The van der Waals surface area contributed by atoms with E-state index in [-0.39, 0.29) is 61.8 Å². The van der Waals surface area contributed by atoms with Gasteiger partial charge >= 0.3 is 15.5 Å². The van der Waals surface area contributed by atoms with Gasteiger partial charge in [0.15, 0.2) is 5.96 Å². The van der Waals surface area contributed by atoms with E-state index in [0.717, 1.165) is 0 Å². The Labute approximate surface area is 178 Å². The summed E-state index contributed by atoms with van der Waals surface area (Å²) in [5, 5.41) is 6.06. The van der Waals surface area contributed by atoms with Crippen molar-refractivity contribution in [1.29, 1.82) is 0 Å². The first kappa shape index (κ1) is 24.9. The monoisotopic (exact) mass is 538 g/mol. The van der Waals surface area contributed by atoms with E-state index in [1.54, 1.807) is 19.1 Å². The Hall–Kier alpha value is -1.15. The van der Waals surface area contributed by atoms with Gasteiger partial charge in [0, 0.05) is 32.7 Å². The van der Waals surface area contributed by atoms with Gasteiger partial charge < -0.3 is 10.6 Å². The zero-order valence-electron chi connectivity index (χ0n) is 15.4. The topological polar surface area (TPSA) is 73.8 Å². The van der Waals surface area contributed by atoms with Crippen LogP contribution in [0.5, 0.6) is 0 Å². The number of alkyl halides is 3. The summed E-state index contributed by atoms with van der Waals surface area (Å²) in [6.07, 6.45) is 0.435. The third-order valence-electron chi connectivity index (χ3n) is 4.35. The average molecular weight is 538 g/mol. The first-order valence-electron chi connectivity index (χ1n) is 8.33. The molecule has 1 aromatic rings. The Bertz CT molecular complexity index is 794. The first-order chi connectivity index (χ1) is 12.5. The third-order valence-corrected chi connectivity index (χ3v) is 5.98. The van der Waals surface area contributed by atoms with Crippen LogP contribution in [-0.2, 0) is 16.6 Å². The standard InChI is InChI=1S/C16H22F4N4O2S.HI/c1-11-3-4-12(9-14(11)17)10-22-15(21-2)23-13-5-7-24(8-6-13)27(25,26)16(18,19)20;/h3-4,9,13H,5-8,10H2,1-2H3,(H2,21,22,23);1H. The maximum Gasteiger partial charge on any atom is 0.511 e. The number of hydrogen-bond acceptors (Lipinski definition) is 3. The van der Waals surface area contributed by atoms with Crippen molar-refractivity contribution in [2.45, 2.75) is 37.9 Å². The molecule has 1 aromatic carbocycles. The predicted octanol–water partition coefficient (Wildman–Crippen LogP) is 2.73. The van der Waals surface area contributed by atoms with Crippen molar-refractivity contribution in [3.8, 4) is 0 Å². The van der Waals surface area contributed by atoms with Crippen molar-refractivity contribution in [2.24, 2.45) is 4.99 Å². The highest BCUT2D eigenvalue weighted by Crippen LogP contribution is 2.28. The molecule has 28 heavy (non-hydrogen) atoms. The fourth-order valence-electron chi connectivity index (χ4n) is 2.71. The summed E-state index contributed by atoms with van der Waals surface area (Å²) in [5.74, 6) is 0.101. The maximum atomic E-state index is 13.6. The summed E-state index contributed by atoms with van der Waals surface area (Å²) in [6, 6.07) is 4.64. The number of guanidine groups is 1. The van der Waals surface area contributed by atoms with Gasteiger partial charge in [0.25, 0.3) is 0 Å². The van der Waals surface area contributed by atoms with Crippen LogP contribution in [0.1, 0.15) is 24.0 Å². The van der Waals surface area contributed by atoms with Gasteiger partial charge in [-0.15, -0.1) is 24.0 Å². The number of piperidine rings is 1. The lowest BCUT2D eigenvalue weighted by Crippen LogP contribution is -2.51. The smallest absolute Gasteiger partial charge is 0.354 e. The number of aliphatic imine (C=N–C) groups is 1. The molecule has 0 unspecified atom stereocenters. The Kier molecular flexibility index (Phi) is 8.93. The van der Waals surface area contributed by atoms with Crippen LogP contribution in [-0.4, -0.2) is 50.4 Å². The summed E-state index contributed by atoms with van der Waals surface area (Å²) >= 11 is 0. The van der Waals surface area contributed by atoms with E-state index in [4.69, 9.17) is 0 Å². The summed E-state index contributed by atoms with van der Waals surface area (Å²) in [7, 11) is -3.75. The van der Waals surface area contributed by atoms with Gasteiger partial charge in [-0.3, -0.25) is 4.99 Å². The molecule has 0 atom stereocenters. The van der Waals surface area contributed by atoms with Crippen molar-refractivity contribution in [1.82, 2.24) is 14.9 Å². The van der Waals surface area contributed by atoms with Crippen molar-refractivity contribution in [3.63, 3.8) is 0 Å². The second kappa shape index (κ2) is 10.1. The van der Waals surface area contributed by atoms with E-state index in [0.29, 0.717) is 27.9 Å². The van der Waals surface area contributed by atoms with Crippen LogP contribution in [0.2, 0.25) is 0 Å². The van der Waals surface area contributed by atoms with Crippen molar-refractivity contribution >= 4 is 40.0 Å². The third kappa shape index (κ3) is 6.17. The second-order valence-electron chi connectivity index (χ2n) is 6.28. The molecule has 160 valence electrons. The van der Waals surface area contributed by atoms with E-state index in [1.165, 1.54) is 13.1 Å². The van der Waals surface area contributed by atoms with Crippen LogP contribution < -0.4 is 10.6 Å². The number of halogens is 5. The number of aryl methyl sites for hydroxylation is 1. The van der Waals surface area contributed by atoms with Crippen molar-refractivity contribution < 1.29 is 26.0 Å². The SMILES string of the molecule is CN=C(NCc1ccc(C)c(F)c1)NC1CCN(S(=O)(=O)C(F)(F)F)CC1.I. The Morgan fingerprint density at radius 3 is 2.39 bits per heavy atom. The van der Waals surface area contributed by atoms with Gasteiger partial charge in [-0.05, 0) is 37.0 Å². The molecular formula is C16H23F4IN4O2S. The molecular weight excluding hydrogens is 515 g/mol. The van der Waals surface area contributed by atoms with Crippen molar-refractivity contribution in [2.75, 3.05) is 20.1 Å². The summed E-state index contributed by atoms with van der Waals surface area (Å²) in [6.45, 7) is 1.54. The zero-order valence-corrected chi connectivity index (χ0v) is 18.5. The molecule has 1 aliphatic rings. The van der Waals surface area contributed by atoms with Crippen LogP contribution in [0.15, 0.2) is 23.2 Å². The Balaban J connectivity index is 0.00000392. The van der Waals surface area contributed by atoms with Crippen LogP contribution in [0, 0.1) is 12.7 Å². The molecule has 2 N–H and O–H groups in total. The lowest BCUT2D eigenvalue weighted by molar-refractivity contribution is -0.0494. The molecule has 0 amide bonds. The van der Waals surface area contributed by atoms with Gasteiger partial charge in [-0.25, -0.2) is 12.8 Å². The number of benzene rings is 1. The van der Waals surface area contributed by atoms with Gasteiger partial charge in [-0.2, -0.15) is 17.5 Å². The van der Waals surface area contributed by atoms with E-state index < -0.39 is 15.5 Å². The van der Waals surface area contributed by atoms with Gasteiger partial charge in [0.05, 0.1) is 0 Å². The largest absolute Gasteiger partial charge is 0.511 e. The molecule has 1 saturated heterocycles. The molecule has 12 heteroatoms. The van der Waals surface area contributed by atoms with E-state index in [2.05, 4.69) is 15.6 Å². The highest BCUT2D eigenvalue weighted by atomic mass is 127. The summed E-state index contributed by atoms with van der Waals surface area (Å²) < 4.78 is 74.6. The minimum atomic E-state index is -5.29. The van der Waals surface area contributed by atoms with Gasteiger partial charge in [0.1, 0.15) is 5.82 Å². The number of hydrogen-bond donors (Lipinski definition) is 2. The number of rotatable bonds is 4. The average Bonchev–Trinajstić information content (AvgIpc) is 2.61. The number of nitrogens with zero attached hydrogens (tertiary/aromatic N) is 2. The number of nitrogens with one attached hydrogen (secondary N) is 2.